The second-order valence-corrected chi connectivity index (χ2v) is 4.13. The lowest BCUT2D eigenvalue weighted by Crippen LogP contribution is -2.05. The van der Waals surface area contributed by atoms with Crippen molar-refractivity contribution in [2.24, 2.45) is 0 Å². The summed E-state index contributed by atoms with van der Waals surface area (Å²) >= 11 is 0. The SMILES string of the molecule is C=C/C=C(\C=C/C(C)OC)C(=O)C(/C=C\C)=C/C=C\C. The van der Waals surface area contributed by atoms with Crippen LogP contribution in [-0.2, 0) is 9.53 Å². The van der Waals surface area contributed by atoms with Gasteiger partial charge in [-0.25, -0.2) is 0 Å². The molecule has 0 spiro atoms. The van der Waals surface area contributed by atoms with Crippen molar-refractivity contribution in [1.29, 1.82) is 0 Å². The van der Waals surface area contributed by atoms with Crippen LogP contribution in [-0.4, -0.2) is 19.0 Å². The number of rotatable bonds is 8. The highest BCUT2D eigenvalue weighted by Gasteiger charge is 2.09. The van der Waals surface area contributed by atoms with Crippen LogP contribution >= 0.6 is 0 Å². The zero-order chi connectivity index (χ0) is 15.4. The molecule has 0 saturated heterocycles. The number of hydrogen-bond acceptors (Lipinski definition) is 2. The van der Waals surface area contributed by atoms with Gasteiger partial charge in [0.15, 0.2) is 5.78 Å². The number of allylic oxidation sites excluding steroid dienone is 10. The van der Waals surface area contributed by atoms with E-state index in [1.54, 1.807) is 37.5 Å². The van der Waals surface area contributed by atoms with Crippen molar-refractivity contribution in [3.8, 4) is 0 Å². The maximum absolute atomic E-state index is 12.5. The molecule has 0 heterocycles. The lowest BCUT2D eigenvalue weighted by atomic mass is 10.0. The van der Waals surface area contributed by atoms with Crippen LogP contribution in [0.15, 0.2) is 72.4 Å². The van der Waals surface area contributed by atoms with E-state index in [1.165, 1.54) is 0 Å². The topological polar surface area (TPSA) is 26.3 Å². The van der Waals surface area contributed by atoms with Crippen LogP contribution in [0.25, 0.3) is 0 Å². The smallest absolute Gasteiger partial charge is 0.192 e. The number of Topliss-reactive ketones (excluding diaryl/α,β-unsaturated/α-hetero) is 1. The predicted octanol–water partition coefficient (Wildman–Crippen LogP) is 4.34. The van der Waals surface area contributed by atoms with Gasteiger partial charge in [-0.1, -0.05) is 61.3 Å². The number of methoxy groups -OCH3 is 1. The molecule has 108 valence electrons. The molecule has 0 aromatic heterocycles. The van der Waals surface area contributed by atoms with Crippen LogP contribution in [0, 0.1) is 0 Å². The quantitative estimate of drug-likeness (QED) is 0.485. The summed E-state index contributed by atoms with van der Waals surface area (Å²) in [7, 11) is 1.63. The van der Waals surface area contributed by atoms with Crippen molar-refractivity contribution in [2.45, 2.75) is 26.9 Å². The number of carbonyl (C=O) groups excluding carboxylic acids is 1. The van der Waals surface area contributed by atoms with Crippen LogP contribution in [0.5, 0.6) is 0 Å². The minimum absolute atomic E-state index is 0.0410. The molecule has 0 radical (unpaired) electrons. The fourth-order valence-electron chi connectivity index (χ4n) is 1.40. The molecule has 0 fully saturated rings. The lowest BCUT2D eigenvalue weighted by molar-refractivity contribution is -0.111. The number of ether oxygens (including phenoxy) is 1. The zero-order valence-electron chi connectivity index (χ0n) is 12.8. The van der Waals surface area contributed by atoms with Crippen molar-refractivity contribution < 1.29 is 9.53 Å². The molecule has 2 nitrogen and oxygen atoms in total. The van der Waals surface area contributed by atoms with E-state index in [0.717, 1.165) is 0 Å². The molecule has 0 aromatic rings. The lowest BCUT2D eigenvalue weighted by Gasteiger charge is -2.05. The molecule has 0 aromatic carbocycles. The van der Waals surface area contributed by atoms with Gasteiger partial charge >= 0.3 is 0 Å². The molecule has 0 rings (SSSR count). The Morgan fingerprint density at radius 3 is 2.25 bits per heavy atom. The standard InChI is InChI=1S/C18H24O2/c1-6-9-12-16(10-7-2)18(19)17(11-8-3)14-13-15(4)20-5/h6-15H,3H2,1-2,4-5H3/b9-6-,10-7-,14-13-,16-12+,17-11+. The third kappa shape index (κ3) is 6.86. The van der Waals surface area contributed by atoms with Crippen LogP contribution < -0.4 is 0 Å². The summed E-state index contributed by atoms with van der Waals surface area (Å²) in [5.41, 5.74) is 1.21. The summed E-state index contributed by atoms with van der Waals surface area (Å²) in [6, 6.07) is 0. The Morgan fingerprint density at radius 1 is 1.10 bits per heavy atom. The molecule has 0 saturated carbocycles. The van der Waals surface area contributed by atoms with E-state index in [4.69, 9.17) is 4.74 Å². The molecular weight excluding hydrogens is 248 g/mol. The van der Waals surface area contributed by atoms with E-state index >= 15 is 0 Å². The summed E-state index contributed by atoms with van der Waals surface area (Å²) in [6.45, 7) is 9.36. The summed E-state index contributed by atoms with van der Waals surface area (Å²) < 4.78 is 5.14. The molecule has 0 bridgehead atoms. The van der Waals surface area contributed by atoms with Crippen molar-refractivity contribution in [3.05, 3.63) is 72.4 Å². The third-order valence-electron chi connectivity index (χ3n) is 2.55. The van der Waals surface area contributed by atoms with E-state index in [1.807, 2.05) is 45.1 Å². The van der Waals surface area contributed by atoms with Crippen LogP contribution in [0.4, 0.5) is 0 Å². The number of ketones is 1. The van der Waals surface area contributed by atoms with Crippen LogP contribution in [0.1, 0.15) is 20.8 Å². The minimum atomic E-state index is -0.0411. The second kappa shape index (κ2) is 10.9. The van der Waals surface area contributed by atoms with Gasteiger partial charge in [-0.2, -0.15) is 0 Å². The molecule has 0 amide bonds. The van der Waals surface area contributed by atoms with Gasteiger partial charge in [-0.15, -0.1) is 0 Å². The van der Waals surface area contributed by atoms with Crippen molar-refractivity contribution in [1.82, 2.24) is 0 Å². The number of carbonyl (C=O) groups is 1. The van der Waals surface area contributed by atoms with E-state index < -0.39 is 0 Å². The van der Waals surface area contributed by atoms with Gasteiger partial charge in [0, 0.05) is 18.3 Å². The first kappa shape index (κ1) is 18.1. The first-order valence-electron chi connectivity index (χ1n) is 6.64. The van der Waals surface area contributed by atoms with E-state index in [-0.39, 0.29) is 11.9 Å². The first-order valence-corrected chi connectivity index (χ1v) is 6.64. The van der Waals surface area contributed by atoms with Gasteiger partial charge in [0.05, 0.1) is 6.10 Å². The Hall–Kier alpha value is -1.93. The Kier molecular flexibility index (Phi) is 9.89. The van der Waals surface area contributed by atoms with Gasteiger partial charge in [0.1, 0.15) is 0 Å². The van der Waals surface area contributed by atoms with E-state index in [9.17, 15) is 4.79 Å². The highest BCUT2D eigenvalue weighted by atomic mass is 16.5. The van der Waals surface area contributed by atoms with Gasteiger partial charge in [-0.05, 0) is 20.8 Å². The fraction of sp³-hybridized carbons (Fsp3) is 0.278. The van der Waals surface area contributed by atoms with Crippen molar-refractivity contribution in [2.75, 3.05) is 7.11 Å². The monoisotopic (exact) mass is 272 g/mol. The first-order chi connectivity index (χ1) is 9.60. The Morgan fingerprint density at radius 2 is 1.75 bits per heavy atom. The predicted molar refractivity (Wildman–Crippen MR) is 86.6 cm³/mol. The van der Waals surface area contributed by atoms with Gasteiger partial charge in [0.25, 0.3) is 0 Å². The van der Waals surface area contributed by atoms with Crippen LogP contribution in [0.3, 0.4) is 0 Å². The summed E-state index contributed by atoms with van der Waals surface area (Å²) in [6.07, 6.45) is 16.1. The Bertz CT molecular complexity index is 460. The Balaban J connectivity index is 5.37. The van der Waals surface area contributed by atoms with E-state index in [0.29, 0.717) is 11.1 Å². The zero-order valence-corrected chi connectivity index (χ0v) is 12.8. The molecule has 1 atom stereocenters. The van der Waals surface area contributed by atoms with Gasteiger partial charge in [-0.3, -0.25) is 4.79 Å². The molecule has 0 aliphatic rings. The van der Waals surface area contributed by atoms with Gasteiger partial charge in [0.2, 0.25) is 0 Å². The summed E-state index contributed by atoms with van der Waals surface area (Å²) in [5, 5.41) is 0. The number of hydrogen-bond donors (Lipinski definition) is 0. The second-order valence-electron chi connectivity index (χ2n) is 4.13. The van der Waals surface area contributed by atoms with Crippen molar-refractivity contribution >= 4 is 5.78 Å². The molecule has 0 aliphatic carbocycles. The summed E-state index contributed by atoms with van der Waals surface area (Å²) in [5.74, 6) is -0.0411. The normalized spacial score (nSPS) is 15.4. The summed E-state index contributed by atoms with van der Waals surface area (Å²) in [4.78, 5) is 12.5. The molecule has 0 N–H and O–H groups in total. The molecule has 2 heteroatoms. The highest BCUT2D eigenvalue weighted by molar-refractivity contribution is 6.12. The van der Waals surface area contributed by atoms with E-state index in [2.05, 4.69) is 6.58 Å². The molecule has 0 aliphatic heterocycles. The minimum Gasteiger partial charge on any atom is -0.378 e. The Labute approximate surface area is 122 Å². The third-order valence-corrected chi connectivity index (χ3v) is 2.55. The maximum atomic E-state index is 12.5. The molecule has 20 heavy (non-hydrogen) atoms. The average molecular weight is 272 g/mol. The molecule has 1 unspecified atom stereocenters. The highest BCUT2D eigenvalue weighted by Crippen LogP contribution is 2.11. The maximum Gasteiger partial charge on any atom is 0.192 e. The molecular formula is C18H24O2. The van der Waals surface area contributed by atoms with Crippen LogP contribution in [0.2, 0.25) is 0 Å². The van der Waals surface area contributed by atoms with Gasteiger partial charge < -0.3 is 4.74 Å². The average Bonchev–Trinajstić information content (AvgIpc) is 2.46. The fourth-order valence-corrected chi connectivity index (χ4v) is 1.40. The van der Waals surface area contributed by atoms with Crippen molar-refractivity contribution in [3.63, 3.8) is 0 Å². The largest absolute Gasteiger partial charge is 0.378 e.